The molecule has 0 bridgehead atoms. The molecule has 1 unspecified atom stereocenters. The Hall–Kier alpha value is -1.09. The second-order valence-electron chi connectivity index (χ2n) is 3.63. The molecule has 0 spiro atoms. The average molecular weight is 271 g/mol. The highest BCUT2D eigenvalue weighted by atomic mass is 35.5. The standard InChI is InChI=1S/C13H9Cl2FO/c14-11-6-3-9(7-12(11)15)13(17)8-1-4-10(16)5-2-8/h1-7,13,17H. The van der Waals surface area contributed by atoms with Gasteiger partial charge in [0.15, 0.2) is 0 Å². The summed E-state index contributed by atoms with van der Waals surface area (Å²) < 4.78 is 12.7. The smallest absolute Gasteiger partial charge is 0.123 e. The maximum atomic E-state index is 12.7. The fourth-order valence-corrected chi connectivity index (χ4v) is 1.83. The predicted octanol–water partition coefficient (Wildman–Crippen LogP) is 4.21. The van der Waals surface area contributed by atoms with Crippen LogP contribution in [0.25, 0.3) is 0 Å². The Morgan fingerprint density at radius 2 is 1.47 bits per heavy atom. The van der Waals surface area contributed by atoms with Gasteiger partial charge in [-0.25, -0.2) is 4.39 Å². The fourth-order valence-electron chi connectivity index (χ4n) is 1.52. The van der Waals surface area contributed by atoms with Crippen LogP contribution in [0, 0.1) is 5.82 Å². The highest BCUT2D eigenvalue weighted by Gasteiger charge is 2.11. The molecule has 0 aliphatic heterocycles. The van der Waals surface area contributed by atoms with Gasteiger partial charge in [-0.1, -0.05) is 41.4 Å². The van der Waals surface area contributed by atoms with E-state index in [2.05, 4.69) is 0 Å². The van der Waals surface area contributed by atoms with E-state index in [9.17, 15) is 9.50 Å². The van der Waals surface area contributed by atoms with Gasteiger partial charge in [0.25, 0.3) is 0 Å². The average Bonchev–Trinajstić information content (AvgIpc) is 2.33. The summed E-state index contributed by atoms with van der Waals surface area (Å²) in [6, 6.07) is 10.6. The van der Waals surface area contributed by atoms with Gasteiger partial charge < -0.3 is 5.11 Å². The number of rotatable bonds is 2. The van der Waals surface area contributed by atoms with Gasteiger partial charge in [0.2, 0.25) is 0 Å². The molecule has 4 heteroatoms. The summed E-state index contributed by atoms with van der Waals surface area (Å²) in [6.07, 6.45) is -0.842. The van der Waals surface area contributed by atoms with Crippen LogP contribution >= 0.6 is 23.2 Å². The van der Waals surface area contributed by atoms with Crippen molar-refractivity contribution >= 4 is 23.2 Å². The molecule has 1 N–H and O–H groups in total. The first-order valence-corrected chi connectivity index (χ1v) is 5.72. The molecular formula is C13H9Cl2FO. The molecule has 1 nitrogen and oxygen atoms in total. The molecule has 2 aromatic rings. The number of aliphatic hydroxyl groups is 1. The van der Waals surface area contributed by atoms with Gasteiger partial charge in [-0.3, -0.25) is 0 Å². The predicted molar refractivity (Wildman–Crippen MR) is 66.9 cm³/mol. The van der Waals surface area contributed by atoms with Crippen LogP contribution < -0.4 is 0 Å². The van der Waals surface area contributed by atoms with Crippen LogP contribution in [0.1, 0.15) is 17.2 Å². The minimum absolute atomic E-state index is 0.338. The van der Waals surface area contributed by atoms with E-state index in [1.54, 1.807) is 18.2 Å². The molecule has 0 fully saturated rings. The van der Waals surface area contributed by atoms with Crippen LogP contribution in [0.4, 0.5) is 4.39 Å². The van der Waals surface area contributed by atoms with E-state index < -0.39 is 6.10 Å². The van der Waals surface area contributed by atoms with Gasteiger partial charge in [-0.2, -0.15) is 0 Å². The van der Waals surface area contributed by atoms with Crippen molar-refractivity contribution in [2.45, 2.75) is 6.10 Å². The van der Waals surface area contributed by atoms with Gasteiger partial charge in [0, 0.05) is 0 Å². The van der Waals surface area contributed by atoms with Crippen LogP contribution in [0.15, 0.2) is 42.5 Å². The van der Waals surface area contributed by atoms with Gasteiger partial charge in [-0.15, -0.1) is 0 Å². The lowest BCUT2D eigenvalue weighted by Gasteiger charge is -2.12. The third-order valence-electron chi connectivity index (χ3n) is 2.45. The van der Waals surface area contributed by atoms with Gasteiger partial charge in [0.1, 0.15) is 11.9 Å². The lowest BCUT2D eigenvalue weighted by molar-refractivity contribution is 0.220. The first-order valence-electron chi connectivity index (χ1n) is 4.96. The van der Waals surface area contributed by atoms with Gasteiger partial charge >= 0.3 is 0 Å². The second-order valence-corrected chi connectivity index (χ2v) is 4.44. The monoisotopic (exact) mass is 270 g/mol. The van der Waals surface area contributed by atoms with E-state index in [4.69, 9.17) is 23.2 Å². The van der Waals surface area contributed by atoms with Crippen molar-refractivity contribution in [3.63, 3.8) is 0 Å². The summed E-state index contributed by atoms with van der Waals surface area (Å²) in [5.41, 5.74) is 1.22. The number of aliphatic hydroxyl groups excluding tert-OH is 1. The minimum Gasteiger partial charge on any atom is -0.384 e. The summed E-state index contributed by atoms with van der Waals surface area (Å²) in [6.45, 7) is 0. The molecule has 88 valence electrons. The molecule has 0 saturated heterocycles. The number of benzene rings is 2. The van der Waals surface area contributed by atoms with Crippen LogP contribution in [0.5, 0.6) is 0 Å². The topological polar surface area (TPSA) is 20.2 Å². The fraction of sp³-hybridized carbons (Fsp3) is 0.0769. The maximum Gasteiger partial charge on any atom is 0.123 e. The lowest BCUT2D eigenvalue weighted by atomic mass is 10.0. The van der Waals surface area contributed by atoms with Gasteiger partial charge in [0.05, 0.1) is 10.0 Å². The molecule has 0 aliphatic rings. The first kappa shape index (κ1) is 12.4. The summed E-state index contributed by atoms with van der Waals surface area (Å²) in [4.78, 5) is 0. The molecule has 17 heavy (non-hydrogen) atoms. The Balaban J connectivity index is 2.33. The zero-order valence-electron chi connectivity index (χ0n) is 8.70. The first-order chi connectivity index (χ1) is 8.08. The van der Waals surface area contributed by atoms with E-state index in [1.807, 2.05) is 0 Å². The van der Waals surface area contributed by atoms with E-state index >= 15 is 0 Å². The van der Waals surface area contributed by atoms with Crippen molar-refractivity contribution < 1.29 is 9.50 Å². The van der Waals surface area contributed by atoms with Crippen molar-refractivity contribution in [3.05, 3.63) is 69.5 Å². The number of hydrogen-bond donors (Lipinski definition) is 1. The highest BCUT2D eigenvalue weighted by molar-refractivity contribution is 6.42. The van der Waals surface area contributed by atoms with E-state index in [-0.39, 0.29) is 5.82 Å². The van der Waals surface area contributed by atoms with Crippen LogP contribution in [-0.4, -0.2) is 5.11 Å². The lowest BCUT2D eigenvalue weighted by Crippen LogP contribution is -1.99. The molecule has 0 amide bonds. The molecule has 0 aromatic heterocycles. The third-order valence-corrected chi connectivity index (χ3v) is 3.18. The third kappa shape index (κ3) is 2.78. The summed E-state index contributed by atoms with van der Waals surface area (Å²) in [7, 11) is 0. The zero-order valence-corrected chi connectivity index (χ0v) is 10.2. The molecule has 0 radical (unpaired) electrons. The Morgan fingerprint density at radius 3 is 2.06 bits per heavy atom. The quantitative estimate of drug-likeness (QED) is 0.867. The van der Waals surface area contributed by atoms with Crippen molar-refractivity contribution in [1.82, 2.24) is 0 Å². The minimum atomic E-state index is -0.842. The molecule has 1 atom stereocenters. The molecule has 2 rings (SSSR count). The van der Waals surface area contributed by atoms with Crippen molar-refractivity contribution in [1.29, 1.82) is 0 Å². The van der Waals surface area contributed by atoms with Crippen LogP contribution in [0.2, 0.25) is 10.0 Å². The Morgan fingerprint density at radius 1 is 0.882 bits per heavy atom. The Labute approximate surface area is 108 Å². The second kappa shape index (κ2) is 5.05. The summed E-state index contributed by atoms with van der Waals surface area (Å²) in [5.74, 6) is -0.338. The Kier molecular flexibility index (Phi) is 3.67. The maximum absolute atomic E-state index is 12.7. The molecule has 0 aliphatic carbocycles. The number of hydrogen-bond acceptors (Lipinski definition) is 1. The molecular weight excluding hydrogens is 262 g/mol. The van der Waals surface area contributed by atoms with Crippen molar-refractivity contribution in [2.24, 2.45) is 0 Å². The van der Waals surface area contributed by atoms with Crippen LogP contribution in [0.3, 0.4) is 0 Å². The number of halogens is 3. The molecule has 0 saturated carbocycles. The van der Waals surface area contributed by atoms with E-state index in [0.29, 0.717) is 21.2 Å². The molecule has 0 heterocycles. The molecule has 2 aromatic carbocycles. The van der Waals surface area contributed by atoms with Crippen molar-refractivity contribution in [2.75, 3.05) is 0 Å². The summed E-state index contributed by atoms with van der Waals surface area (Å²) >= 11 is 11.7. The van der Waals surface area contributed by atoms with Crippen LogP contribution in [-0.2, 0) is 0 Å². The van der Waals surface area contributed by atoms with E-state index in [0.717, 1.165) is 0 Å². The largest absolute Gasteiger partial charge is 0.384 e. The highest BCUT2D eigenvalue weighted by Crippen LogP contribution is 2.28. The zero-order chi connectivity index (χ0) is 12.4. The van der Waals surface area contributed by atoms with Crippen molar-refractivity contribution in [3.8, 4) is 0 Å². The summed E-state index contributed by atoms with van der Waals surface area (Å²) in [5, 5.41) is 10.9. The Bertz CT molecular complexity index is 525. The van der Waals surface area contributed by atoms with E-state index in [1.165, 1.54) is 24.3 Å². The SMILES string of the molecule is OC(c1ccc(F)cc1)c1ccc(Cl)c(Cl)c1. The normalized spacial score (nSPS) is 12.5. The van der Waals surface area contributed by atoms with Gasteiger partial charge in [-0.05, 0) is 35.4 Å².